The fourth-order valence-electron chi connectivity index (χ4n) is 1.76. The molecule has 0 radical (unpaired) electrons. The van der Waals surface area contributed by atoms with E-state index in [-0.39, 0.29) is 0 Å². The maximum Gasteiger partial charge on any atom is 0.150 e. The van der Waals surface area contributed by atoms with Gasteiger partial charge in [0.2, 0.25) is 0 Å². The number of thioether (sulfide) groups is 1. The van der Waals surface area contributed by atoms with Gasteiger partial charge in [0.1, 0.15) is 5.01 Å². The van der Waals surface area contributed by atoms with Gasteiger partial charge in [-0.05, 0) is 31.4 Å². The summed E-state index contributed by atoms with van der Waals surface area (Å²) in [5.41, 5.74) is 3.28. The lowest BCUT2D eigenvalue weighted by molar-refractivity contribution is 1.08. The number of aromatic nitrogens is 2. The minimum Gasteiger partial charge on any atom is -0.378 e. The lowest BCUT2D eigenvalue weighted by Gasteiger charge is -2.03. The third-order valence-corrected chi connectivity index (χ3v) is 5.62. The molecular formula is C13H13N3S3. The molecule has 6 heteroatoms. The van der Waals surface area contributed by atoms with Crippen LogP contribution in [0.1, 0.15) is 10.7 Å². The molecule has 0 spiro atoms. The van der Waals surface area contributed by atoms with E-state index in [2.05, 4.69) is 45.1 Å². The van der Waals surface area contributed by atoms with Gasteiger partial charge < -0.3 is 5.32 Å². The van der Waals surface area contributed by atoms with E-state index in [9.17, 15) is 0 Å². The van der Waals surface area contributed by atoms with E-state index in [1.165, 1.54) is 4.70 Å². The van der Waals surface area contributed by atoms with Crippen LogP contribution in [0.4, 0.5) is 5.69 Å². The normalized spacial score (nSPS) is 11.1. The average molecular weight is 307 g/mol. The van der Waals surface area contributed by atoms with Crippen LogP contribution in [-0.4, -0.2) is 16.2 Å². The van der Waals surface area contributed by atoms with Crippen LogP contribution >= 0.6 is 34.4 Å². The molecule has 1 aromatic carbocycles. The van der Waals surface area contributed by atoms with E-state index >= 15 is 0 Å². The highest BCUT2D eigenvalue weighted by molar-refractivity contribution is 8.00. The highest BCUT2D eigenvalue weighted by Gasteiger charge is 2.04. The van der Waals surface area contributed by atoms with Crippen molar-refractivity contribution in [3.05, 3.63) is 34.3 Å². The van der Waals surface area contributed by atoms with Gasteiger partial charge in [0.25, 0.3) is 0 Å². The molecule has 98 valence electrons. The lowest BCUT2D eigenvalue weighted by atomic mass is 10.3. The number of hydrogen-bond acceptors (Lipinski definition) is 6. The number of thiazole rings is 2. The van der Waals surface area contributed by atoms with E-state index < -0.39 is 0 Å². The van der Waals surface area contributed by atoms with Crippen molar-refractivity contribution in [3.63, 3.8) is 0 Å². The van der Waals surface area contributed by atoms with Gasteiger partial charge in [-0.25, -0.2) is 9.97 Å². The summed E-state index contributed by atoms with van der Waals surface area (Å²) in [7, 11) is 0. The van der Waals surface area contributed by atoms with Gasteiger partial charge in [0, 0.05) is 16.8 Å². The van der Waals surface area contributed by atoms with Crippen molar-refractivity contribution in [2.75, 3.05) is 11.6 Å². The molecule has 0 unspecified atom stereocenters. The van der Waals surface area contributed by atoms with E-state index in [4.69, 9.17) is 0 Å². The maximum atomic E-state index is 4.54. The molecule has 0 fully saturated rings. The summed E-state index contributed by atoms with van der Waals surface area (Å²) in [6.45, 7) is 2.80. The first-order valence-electron chi connectivity index (χ1n) is 5.84. The van der Waals surface area contributed by atoms with Crippen molar-refractivity contribution in [1.82, 2.24) is 9.97 Å². The summed E-state index contributed by atoms with van der Waals surface area (Å²) in [4.78, 5) is 8.99. The third kappa shape index (κ3) is 2.91. The molecule has 3 rings (SSSR count). The standard InChI is InChI=1S/C13H13N3S3/c1-8-7-18-12(15-8)6-14-9-3-4-10-11(5-9)19-13(16-10)17-2/h3-5,7,14H,6H2,1-2H3. The minimum atomic E-state index is 0.776. The molecule has 0 atom stereocenters. The van der Waals surface area contributed by atoms with Crippen LogP contribution < -0.4 is 5.32 Å². The number of nitrogens with one attached hydrogen (secondary N) is 1. The summed E-state index contributed by atoms with van der Waals surface area (Å²) in [5, 5.41) is 6.61. The van der Waals surface area contributed by atoms with Crippen LogP contribution in [0.15, 0.2) is 27.9 Å². The Bertz CT molecular complexity index is 702. The number of anilines is 1. The Hall–Kier alpha value is -1.11. The number of benzene rings is 1. The molecule has 0 bridgehead atoms. The van der Waals surface area contributed by atoms with Gasteiger partial charge >= 0.3 is 0 Å². The first-order valence-corrected chi connectivity index (χ1v) is 8.76. The predicted molar refractivity (Wildman–Crippen MR) is 85.6 cm³/mol. The van der Waals surface area contributed by atoms with Crippen LogP contribution in [-0.2, 0) is 6.54 Å². The second kappa shape index (κ2) is 5.48. The van der Waals surface area contributed by atoms with Gasteiger partial charge in [-0.2, -0.15) is 0 Å². The van der Waals surface area contributed by atoms with Crippen molar-refractivity contribution in [2.45, 2.75) is 17.8 Å². The smallest absolute Gasteiger partial charge is 0.150 e. The summed E-state index contributed by atoms with van der Waals surface area (Å²) in [6, 6.07) is 6.31. The van der Waals surface area contributed by atoms with E-state index in [0.717, 1.165) is 32.8 Å². The Labute approximate surface area is 124 Å². The quantitative estimate of drug-likeness (QED) is 0.725. The fraction of sp³-hybridized carbons (Fsp3) is 0.231. The van der Waals surface area contributed by atoms with Crippen molar-refractivity contribution in [1.29, 1.82) is 0 Å². The number of nitrogens with zero attached hydrogens (tertiary/aromatic N) is 2. The molecule has 0 aliphatic rings. The van der Waals surface area contributed by atoms with Gasteiger partial charge in [0.15, 0.2) is 4.34 Å². The third-order valence-electron chi connectivity index (χ3n) is 2.65. The Kier molecular flexibility index (Phi) is 3.72. The van der Waals surface area contributed by atoms with Crippen molar-refractivity contribution in [3.8, 4) is 0 Å². The van der Waals surface area contributed by atoms with Crippen LogP contribution in [0, 0.1) is 6.92 Å². The van der Waals surface area contributed by atoms with Crippen LogP contribution in [0.5, 0.6) is 0 Å². The highest BCUT2D eigenvalue weighted by atomic mass is 32.2. The Morgan fingerprint density at radius 3 is 2.95 bits per heavy atom. The van der Waals surface area contributed by atoms with Gasteiger partial charge in [-0.3, -0.25) is 0 Å². The summed E-state index contributed by atoms with van der Waals surface area (Å²) in [5.74, 6) is 0. The lowest BCUT2D eigenvalue weighted by Crippen LogP contribution is -1.98. The molecule has 2 aromatic heterocycles. The van der Waals surface area contributed by atoms with Crippen molar-refractivity contribution >= 4 is 50.3 Å². The fourth-order valence-corrected chi connectivity index (χ4v) is 4.00. The Morgan fingerprint density at radius 2 is 2.21 bits per heavy atom. The molecule has 0 amide bonds. The summed E-state index contributed by atoms with van der Waals surface area (Å²) >= 11 is 5.12. The molecule has 0 saturated heterocycles. The number of rotatable bonds is 4. The number of aryl methyl sites for hydroxylation is 1. The predicted octanol–water partition coefficient (Wildman–Crippen LogP) is 4.40. The van der Waals surface area contributed by atoms with E-state index in [0.29, 0.717) is 0 Å². The summed E-state index contributed by atoms with van der Waals surface area (Å²) < 4.78 is 2.34. The molecule has 0 saturated carbocycles. The Morgan fingerprint density at radius 1 is 1.32 bits per heavy atom. The van der Waals surface area contributed by atoms with E-state index in [1.54, 1.807) is 34.4 Å². The highest BCUT2D eigenvalue weighted by Crippen LogP contribution is 2.30. The molecule has 0 aliphatic heterocycles. The first-order chi connectivity index (χ1) is 9.24. The average Bonchev–Trinajstić information content (AvgIpc) is 3.01. The van der Waals surface area contributed by atoms with Crippen LogP contribution in [0.2, 0.25) is 0 Å². The van der Waals surface area contributed by atoms with Crippen LogP contribution in [0.25, 0.3) is 10.2 Å². The SMILES string of the molecule is CSc1nc2ccc(NCc3nc(C)cs3)cc2s1. The Balaban J connectivity index is 1.77. The zero-order valence-corrected chi connectivity index (χ0v) is 13.1. The zero-order chi connectivity index (χ0) is 13.2. The number of fused-ring (bicyclic) bond motifs is 1. The van der Waals surface area contributed by atoms with Crippen molar-refractivity contribution in [2.24, 2.45) is 0 Å². The maximum absolute atomic E-state index is 4.54. The molecule has 0 aliphatic carbocycles. The number of hydrogen-bond donors (Lipinski definition) is 1. The van der Waals surface area contributed by atoms with Crippen LogP contribution in [0.3, 0.4) is 0 Å². The summed E-state index contributed by atoms with van der Waals surface area (Å²) in [6.07, 6.45) is 2.06. The zero-order valence-electron chi connectivity index (χ0n) is 10.6. The molecule has 19 heavy (non-hydrogen) atoms. The largest absolute Gasteiger partial charge is 0.378 e. The molecule has 2 heterocycles. The topological polar surface area (TPSA) is 37.8 Å². The second-order valence-corrected chi connectivity index (χ2v) is 7.13. The molecule has 3 nitrogen and oxygen atoms in total. The minimum absolute atomic E-state index is 0.776. The first kappa shape index (κ1) is 12.9. The molecular weight excluding hydrogens is 294 g/mol. The van der Waals surface area contributed by atoms with Gasteiger partial charge in [0.05, 0.1) is 16.8 Å². The monoisotopic (exact) mass is 307 g/mol. The molecule has 3 aromatic rings. The second-order valence-electron chi connectivity index (χ2n) is 4.10. The van der Waals surface area contributed by atoms with Gasteiger partial charge in [-0.15, -0.1) is 22.7 Å². The van der Waals surface area contributed by atoms with E-state index in [1.807, 2.05) is 6.92 Å². The molecule has 1 N–H and O–H groups in total. The van der Waals surface area contributed by atoms with Gasteiger partial charge in [-0.1, -0.05) is 11.8 Å². The van der Waals surface area contributed by atoms with Crippen molar-refractivity contribution < 1.29 is 0 Å².